The van der Waals surface area contributed by atoms with Crippen LogP contribution in [0, 0.1) is 3.57 Å². The highest BCUT2D eigenvalue weighted by molar-refractivity contribution is 14.1. The van der Waals surface area contributed by atoms with Crippen LogP contribution >= 0.6 is 22.6 Å². The van der Waals surface area contributed by atoms with Crippen molar-refractivity contribution in [2.45, 2.75) is 31.4 Å². The number of fused-ring (bicyclic) bond motifs is 1. The SMILES string of the molecule is O=C(Nc1ccc2[nH]ncc2c1)O[C@@H](c1cccc(I)c1)[C@@H]1CCCCN1. The van der Waals surface area contributed by atoms with E-state index in [1.54, 1.807) is 6.20 Å². The largest absolute Gasteiger partial charge is 0.439 e. The van der Waals surface area contributed by atoms with Gasteiger partial charge in [-0.15, -0.1) is 0 Å². The molecule has 4 rings (SSSR count). The van der Waals surface area contributed by atoms with Gasteiger partial charge in [0.2, 0.25) is 0 Å². The van der Waals surface area contributed by atoms with E-state index in [9.17, 15) is 4.79 Å². The molecule has 3 aromatic rings. The third-order valence-corrected chi connectivity index (χ3v) is 5.48. The second-order valence-corrected chi connectivity index (χ2v) is 7.98. The predicted octanol–water partition coefficient (Wildman–Crippen LogP) is 4.60. The Morgan fingerprint density at radius 2 is 2.19 bits per heavy atom. The van der Waals surface area contributed by atoms with Crippen LogP contribution in [0.2, 0.25) is 0 Å². The number of nitrogens with zero attached hydrogens (tertiary/aromatic N) is 1. The number of aromatic amines is 1. The van der Waals surface area contributed by atoms with Gasteiger partial charge in [-0.1, -0.05) is 18.6 Å². The standard InChI is InChI=1S/C20H21IN4O2/c21-15-5-3-4-13(10-15)19(18-6-1-2-9-22-18)27-20(26)24-16-7-8-17-14(11-16)12-23-25-17/h3-5,7-8,10-12,18-19,22H,1-2,6,9H2,(H,23,25)(H,24,26)/t18-,19-/m0/s1. The molecule has 0 radical (unpaired) electrons. The van der Waals surface area contributed by atoms with Crippen molar-refractivity contribution in [3.05, 3.63) is 57.8 Å². The van der Waals surface area contributed by atoms with E-state index < -0.39 is 6.09 Å². The topological polar surface area (TPSA) is 79.0 Å². The van der Waals surface area contributed by atoms with Gasteiger partial charge in [0.05, 0.1) is 11.7 Å². The van der Waals surface area contributed by atoms with E-state index in [4.69, 9.17) is 4.74 Å². The molecule has 2 heterocycles. The first-order chi connectivity index (χ1) is 13.2. The monoisotopic (exact) mass is 476 g/mol. The zero-order valence-corrected chi connectivity index (χ0v) is 16.9. The normalized spacial score (nSPS) is 18.2. The average molecular weight is 476 g/mol. The minimum absolute atomic E-state index is 0.124. The van der Waals surface area contributed by atoms with Crippen LogP contribution in [0.1, 0.15) is 30.9 Å². The zero-order chi connectivity index (χ0) is 18.6. The molecule has 2 aromatic carbocycles. The van der Waals surface area contributed by atoms with Crippen LogP contribution in [0.15, 0.2) is 48.7 Å². The van der Waals surface area contributed by atoms with Gasteiger partial charge in [0.15, 0.2) is 0 Å². The number of nitrogens with one attached hydrogen (secondary N) is 3. The van der Waals surface area contributed by atoms with E-state index in [1.807, 2.05) is 36.4 Å². The number of anilines is 1. The summed E-state index contributed by atoms with van der Waals surface area (Å²) in [5.41, 5.74) is 2.63. The molecule has 3 N–H and O–H groups in total. The first-order valence-electron chi connectivity index (χ1n) is 9.09. The number of halogens is 1. The van der Waals surface area contributed by atoms with Crippen molar-refractivity contribution >= 4 is 45.3 Å². The van der Waals surface area contributed by atoms with Gasteiger partial charge in [0, 0.05) is 20.7 Å². The number of ether oxygens (including phenoxy) is 1. The Morgan fingerprint density at radius 1 is 1.26 bits per heavy atom. The third-order valence-electron chi connectivity index (χ3n) is 4.81. The van der Waals surface area contributed by atoms with Crippen molar-refractivity contribution in [2.24, 2.45) is 0 Å². The molecule has 0 spiro atoms. The van der Waals surface area contributed by atoms with Gasteiger partial charge < -0.3 is 10.1 Å². The van der Waals surface area contributed by atoms with E-state index in [2.05, 4.69) is 49.5 Å². The molecular weight excluding hydrogens is 455 g/mol. The number of hydrogen-bond acceptors (Lipinski definition) is 4. The van der Waals surface area contributed by atoms with Crippen LogP contribution in [-0.2, 0) is 4.74 Å². The van der Waals surface area contributed by atoms with Crippen LogP contribution < -0.4 is 10.6 Å². The third kappa shape index (κ3) is 4.41. The number of aromatic nitrogens is 2. The lowest BCUT2D eigenvalue weighted by Crippen LogP contribution is -2.41. The first-order valence-corrected chi connectivity index (χ1v) is 10.2. The Hall–Kier alpha value is -2.13. The number of piperidine rings is 1. The van der Waals surface area contributed by atoms with Crippen LogP contribution in [0.5, 0.6) is 0 Å². The van der Waals surface area contributed by atoms with Gasteiger partial charge in [-0.25, -0.2) is 4.79 Å². The van der Waals surface area contributed by atoms with Crippen molar-refractivity contribution in [3.8, 4) is 0 Å². The lowest BCUT2D eigenvalue weighted by molar-refractivity contribution is 0.0762. The van der Waals surface area contributed by atoms with Crippen LogP contribution in [0.25, 0.3) is 10.9 Å². The van der Waals surface area contributed by atoms with Crippen LogP contribution in [-0.4, -0.2) is 28.9 Å². The Labute approximate surface area is 171 Å². The Bertz CT molecular complexity index is 936. The molecule has 1 aromatic heterocycles. The highest BCUT2D eigenvalue weighted by Gasteiger charge is 2.28. The fraction of sp³-hybridized carbons (Fsp3) is 0.300. The molecule has 0 bridgehead atoms. The first kappa shape index (κ1) is 18.2. The molecule has 1 aliphatic heterocycles. The Balaban J connectivity index is 1.51. The summed E-state index contributed by atoms with van der Waals surface area (Å²) in [5, 5.41) is 14.2. The number of H-pyrrole nitrogens is 1. The van der Waals surface area contributed by atoms with Crippen LogP contribution in [0.4, 0.5) is 10.5 Å². The van der Waals surface area contributed by atoms with Crippen molar-refractivity contribution in [3.63, 3.8) is 0 Å². The van der Waals surface area contributed by atoms with Crippen molar-refractivity contribution in [1.29, 1.82) is 0 Å². The number of benzene rings is 2. The van der Waals surface area contributed by atoms with Crippen molar-refractivity contribution in [2.75, 3.05) is 11.9 Å². The predicted molar refractivity (Wildman–Crippen MR) is 114 cm³/mol. The molecule has 27 heavy (non-hydrogen) atoms. The Kier molecular flexibility index (Phi) is 5.58. The average Bonchev–Trinajstić information content (AvgIpc) is 3.14. The summed E-state index contributed by atoms with van der Waals surface area (Å²) < 4.78 is 7.01. The van der Waals surface area contributed by atoms with Gasteiger partial charge in [-0.3, -0.25) is 10.4 Å². The van der Waals surface area contributed by atoms with E-state index in [0.29, 0.717) is 5.69 Å². The van der Waals surface area contributed by atoms with E-state index in [0.717, 1.165) is 45.8 Å². The number of rotatable bonds is 4. The molecule has 6 nitrogen and oxygen atoms in total. The molecule has 2 atom stereocenters. The maximum atomic E-state index is 12.6. The number of carbonyl (C=O) groups excluding carboxylic acids is 1. The molecule has 1 fully saturated rings. The molecule has 0 aliphatic carbocycles. The van der Waals surface area contributed by atoms with Gasteiger partial charge in [-0.05, 0) is 77.9 Å². The second kappa shape index (κ2) is 8.26. The lowest BCUT2D eigenvalue weighted by Gasteiger charge is -2.31. The van der Waals surface area contributed by atoms with Crippen molar-refractivity contribution < 1.29 is 9.53 Å². The van der Waals surface area contributed by atoms with E-state index in [-0.39, 0.29) is 12.1 Å². The lowest BCUT2D eigenvalue weighted by atomic mass is 9.95. The highest BCUT2D eigenvalue weighted by atomic mass is 127. The van der Waals surface area contributed by atoms with Gasteiger partial charge in [0.1, 0.15) is 6.10 Å². The Morgan fingerprint density at radius 3 is 3.00 bits per heavy atom. The highest BCUT2D eigenvalue weighted by Crippen LogP contribution is 2.28. The minimum Gasteiger partial charge on any atom is -0.439 e. The quantitative estimate of drug-likeness (QED) is 0.481. The summed E-state index contributed by atoms with van der Waals surface area (Å²) >= 11 is 2.28. The summed E-state index contributed by atoms with van der Waals surface area (Å²) in [6, 6.07) is 13.9. The molecule has 0 unspecified atom stereocenters. The molecule has 140 valence electrons. The summed E-state index contributed by atoms with van der Waals surface area (Å²) in [7, 11) is 0. The summed E-state index contributed by atoms with van der Waals surface area (Å²) in [4.78, 5) is 12.6. The molecule has 1 aliphatic rings. The van der Waals surface area contributed by atoms with Gasteiger partial charge in [0.25, 0.3) is 0 Å². The summed E-state index contributed by atoms with van der Waals surface area (Å²) in [5.74, 6) is 0. The molecule has 0 saturated carbocycles. The molecular formula is C20H21IN4O2. The fourth-order valence-corrected chi connectivity index (χ4v) is 4.05. The van der Waals surface area contributed by atoms with E-state index in [1.165, 1.54) is 0 Å². The van der Waals surface area contributed by atoms with E-state index >= 15 is 0 Å². The maximum absolute atomic E-state index is 12.6. The number of amides is 1. The molecule has 7 heteroatoms. The smallest absolute Gasteiger partial charge is 0.412 e. The number of carbonyl (C=O) groups is 1. The van der Waals surface area contributed by atoms with Gasteiger partial charge >= 0.3 is 6.09 Å². The molecule has 1 saturated heterocycles. The second-order valence-electron chi connectivity index (χ2n) is 6.73. The number of hydrogen-bond donors (Lipinski definition) is 3. The zero-order valence-electron chi connectivity index (χ0n) is 14.7. The summed E-state index contributed by atoms with van der Waals surface area (Å²) in [6.45, 7) is 0.952. The van der Waals surface area contributed by atoms with Crippen molar-refractivity contribution in [1.82, 2.24) is 15.5 Å². The summed E-state index contributed by atoms with van der Waals surface area (Å²) in [6.07, 6.45) is 4.25. The van der Waals surface area contributed by atoms with Crippen LogP contribution in [0.3, 0.4) is 0 Å². The maximum Gasteiger partial charge on any atom is 0.412 e. The fourth-order valence-electron chi connectivity index (χ4n) is 3.49. The van der Waals surface area contributed by atoms with Gasteiger partial charge in [-0.2, -0.15) is 5.10 Å². The molecule has 1 amide bonds. The minimum atomic E-state index is -0.450.